The van der Waals surface area contributed by atoms with Crippen LogP contribution in [0.4, 0.5) is 5.69 Å². The van der Waals surface area contributed by atoms with Crippen molar-refractivity contribution in [3.8, 4) is 0 Å². The predicted molar refractivity (Wildman–Crippen MR) is 228 cm³/mol. The molecule has 1 aromatic rings. The molecule has 8 atom stereocenters. The maximum absolute atomic E-state index is 14.3. The molecule has 12 heteroatoms. The van der Waals surface area contributed by atoms with Crippen LogP contribution >= 0.6 is 0 Å². The molecule has 2 rings (SSSR count). The average Bonchev–Trinajstić information content (AvgIpc) is 3.64. The Morgan fingerprint density at radius 1 is 0.842 bits per heavy atom. The molecule has 1 aliphatic rings. The van der Waals surface area contributed by atoms with Gasteiger partial charge >= 0.3 is 0 Å². The molecule has 1 aliphatic heterocycles. The number of rotatable bonds is 25. The van der Waals surface area contributed by atoms with Crippen LogP contribution in [0.1, 0.15) is 113 Å². The van der Waals surface area contributed by atoms with Crippen LogP contribution < -0.4 is 10.6 Å². The fourth-order valence-corrected chi connectivity index (χ4v) is 8.61. The van der Waals surface area contributed by atoms with E-state index in [1.807, 2.05) is 82.8 Å². The van der Waals surface area contributed by atoms with Gasteiger partial charge in [0.1, 0.15) is 5.78 Å². The third-order valence-corrected chi connectivity index (χ3v) is 11.9. The molecule has 324 valence electrons. The molecule has 0 radical (unpaired) electrons. The SMILES string of the molecule is CC[C@H](C)[C@@H]([C@@H](CC(=O)N1CCC[C@H]1[C@H](OC)[C@@H](C)C(=O)CCC(=O)NCc1ccc(NC(C)C)cc1)OC)N(C)C(=O)[C@@H](CC(=O)[C@H](C(C)C)N(C)C)C(C)C. The van der Waals surface area contributed by atoms with Gasteiger partial charge in [0, 0.05) is 77.2 Å². The number of Topliss-reactive ketones (excluding diaryl/α,β-unsaturated/α-hetero) is 2. The summed E-state index contributed by atoms with van der Waals surface area (Å²) in [7, 11) is 8.72. The van der Waals surface area contributed by atoms with Crippen LogP contribution in [0.25, 0.3) is 0 Å². The lowest BCUT2D eigenvalue weighted by Gasteiger charge is -2.41. The Balaban J connectivity index is 2.13. The number of hydrogen-bond donors (Lipinski definition) is 2. The summed E-state index contributed by atoms with van der Waals surface area (Å²) in [5, 5.41) is 6.26. The van der Waals surface area contributed by atoms with Gasteiger partial charge in [-0.3, -0.25) is 28.9 Å². The second-order valence-corrected chi connectivity index (χ2v) is 17.5. The van der Waals surface area contributed by atoms with Crippen molar-refractivity contribution < 1.29 is 33.4 Å². The summed E-state index contributed by atoms with van der Waals surface area (Å²) in [6, 6.07) is 7.22. The maximum atomic E-state index is 14.3. The van der Waals surface area contributed by atoms with Crippen molar-refractivity contribution >= 4 is 35.0 Å². The number of anilines is 1. The third-order valence-electron chi connectivity index (χ3n) is 11.9. The van der Waals surface area contributed by atoms with Crippen LogP contribution in [0.15, 0.2) is 24.3 Å². The first-order valence-electron chi connectivity index (χ1n) is 21.2. The Bertz CT molecular complexity index is 1420. The number of nitrogens with one attached hydrogen (secondary N) is 2. The lowest BCUT2D eigenvalue weighted by molar-refractivity contribution is -0.149. The number of nitrogens with zero attached hydrogens (tertiary/aromatic N) is 3. The van der Waals surface area contributed by atoms with E-state index in [0.29, 0.717) is 25.6 Å². The minimum atomic E-state index is -0.593. The first-order valence-corrected chi connectivity index (χ1v) is 21.2. The second kappa shape index (κ2) is 23.9. The van der Waals surface area contributed by atoms with Gasteiger partial charge < -0.3 is 29.9 Å². The van der Waals surface area contributed by atoms with Crippen molar-refractivity contribution in [3.63, 3.8) is 0 Å². The minimum absolute atomic E-state index is 0.00825. The molecule has 57 heavy (non-hydrogen) atoms. The average molecular weight is 800 g/mol. The number of methoxy groups -OCH3 is 2. The van der Waals surface area contributed by atoms with E-state index in [9.17, 15) is 24.0 Å². The molecule has 0 aromatic heterocycles. The van der Waals surface area contributed by atoms with E-state index in [4.69, 9.17) is 9.47 Å². The number of amides is 3. The van der Waals surface area contributed by atoms with Gasteiger partial charge in [0.15, 0.2) is 5.78 Å². The van der Waals surface area contributed by atoms with Gasteiger partial charge in [-0.2, -0.15) is 0 Å². The highest BCUT2D eigenvalue weighted by Gasteiger charge is 2.43. The Morgan fingerprint density at radius 3 is 1.98 bits per heavy atom. The lowest BCUT2D eigenvalue weighted by atomic mass is 9.83. The molecule has 0 aliphatic carbocycles. The van der Waals surface area contributed by atoms with Crippen molar-refractivity contribution in [3.05, 3.63) is 29.8 Å². The molecule has 1 aromatic carbocycles. The summed E-state index contributed by atoms with van der Waals surface area (Å²) in [6.45, 7) is 19.0. The van der Waals surface area contributed by atoms with E-state index < -0.39 is 30.1 Å². The Hall–Kier alpha value is -3.35. The van der Waals surface area contributed by atoms with E-state index in [-0.39, 0.29) is 84.8 Å². The molecule has 12 nitrogen and oxygen atoms in total. The highest BCUT2D eigenvalue weighted by atomic mass is 16.5. The van der Waals surface area contributed by atoms with Crippen LogP contribution in [0.5, 0.6) is 0 Å². The van der Waals surface area contributed by atoms with Crippen LogP contribution in [0.3, 0.4) is 0 Å². The van der Waals surface area contributed by atoms with E-state index >= 15 is 0 Å². The van der Waals surface area contributed by atoms with Crippen LogP contribution in [-0.2, 0) is 40.0 Å². The molecule has 0 unspecified atom stereocenters. The van der Waals surface area contributed by atoms with Crippen LogP contribution in [0, 0.1) is 29.6 Å². The number of carbonyl (C=O) groups excluding carboxylic acids is 5. The molecule has 1 saturated heterocycles. The van der Waals surface area contributed by atoms with Gasteiger partial charge in [0.05, 0.1) is 36.8 Å². The van der Waals surface area contributed by atoms with Gasteiger partial charge in [0.25, 0.3) is 0 Å². The van der Waals surface area contributed by atoms with Gasteiger partial charge in [0.2, 0.25) is 17.7 Å². The van der Waals surface area contributed by atoms with Gasteiger partial charge in [-0.1, -0.05) is 67.0 Å². The molecule has 3 amide bonds. The van der Waals surface area contributed by atoms with E-state index in [0.717, 1.165) is 24.1 Å². The summed E-state index contributed by atoms with van der Waals surface area (Å²) < 4.78 is 12.0. The lowest BCUT2D eigenvalue weighted by Crippen LogP contribution is -2.54. The number of ether oxygens (including phenoxy) is 2. The molecule has 1 fully saturated rings. The van der Waals surface area contributed by atoms with Gasteiger partial charge in [-0.05, 0) is 76.2 Å². The number of carbonyl (C=O) groups is 5. The van der Waals surface area contributed by atoms with Gasteiger partial charge in [-0.25, -0.2) is 0 Å². The summed E-state index contributed by atoms with van der Waals surface area (Å²) >= 11 is 0. The van der Waals surface area contributed by atoms with Crippen LogP contribution in [0.2, 0.25) is 0 Å². The Morgan fingerprint density at radius 2 is 1.47 bits per heavy atom. The van der Waals surface area contributed by atoms with Crippen molar-refractivity contribution in [2.45, 2.75) is 150 Å². The molecule has 1 heterocycles. The predicted octanol–water partition coefficient (Wildman–Crippen LogP) is 6.21. The molecule has 0 bridgehead atoms. The number of likely N-dealkylation sites (tertiary alicyclic amines) is 1. The van der Waals surface area contributed by atoms with Crippen molar-refractivity contribution in [2.75, 3.05) is 47.2 Å². The number of hydrogen-bond acceptors (Lipinski definition) is 9. The number of ketones is 2. The third kappa shape index (κ3) is 14.5. The summed E-state index contributed by atoms with van der Waals surface area (Å²) in [5.41, 5.74) is 1.99. The molecule has 0 saturated carbocycles. The topological polar surface area (TPSA) is 138 Å². The second-order valence-electron chi connectivity index (χ2n) is 17.5. The van der Waals surface area contributed by atoms with Crippen LogP contribution in [-0.4, -0.2) is 122 Å². The van der Waals surface area contributed by atoms with Crippen molar-refractivity contribution in [1.29, 1.82) is 0 Å². The maximum Gasteiger partial charge on any atom is 0.226 e. The fourth-order valence-electron chi connectivity index (χ4n) is 8.61. The minimum Gasteiger partial charge on any atom is -0.383 e. The quantitative estimate of drug-likeness (QED) is 0.118. The zero-order chi connectivity index (χ0) is 43.1. The molecular formula is C45H77N5O7. The molecule has 0 spiro atoms. The summed E-state index contributed by atoms with van der Waals surface area (Å²) in [5.74, 6) is -1.46. The molecule has 2 N–H and O–H groups in total. The van der Waals surface area contributed by atoms with E-state index in [2.05, 4.69) is 38.3 Å². The highest BCUT2D eigenvalue weighted by Crippen LogP contribution is 2.31. The van der Waals surface area contributed by atoms with Crippen molar-refractivity contribution in [1.82, 2.24) is 20.0 Å². The van der Waals surface area contributed by atoms with Crippen molar-refractivity contribution in [2.24, 2.45) is 29.6 Å². The first-order chi connectivity index (χ1) is 26.8. The smallest absolute Gasteiger partial charge is 0.226 e. The van der Waals surface area contributed by atoms with E-state index in [1.54, 1.807) is 26.2 Å². The molecular weight excluding hydrogens is 723 g/mol. The largest absolute Gasteiger partial charge is 0.383 e. The summed E-state index contributed by atoms with van der Waals surface area (Å²) in [4.78, 5) is 73.7. The standard InChI is InChI=1S/C45H77N5O7/c1-15-31(8)43(49(12)45(55)35(28(2)3)25-38(52)42(29(4)5)48(10)11)39(56-13)26-41(54)50-24-16-17-36(50)44(57-14)32(9)37(51)22-23-40(53)46-27-33-18-20-34(21-19-33)47-30(6)7/h18-21,28-32,35-36,39,42-44,47H,15-17,22-27H2,1-14H3,(H,46,53)/t31-,32-,35-,36-,39+,42-,43-,44+/m0/s1. The zero-order valence-corrected chi connectivity index (χ0v) is 37.7. The van der Waals surface area contributed by atoms with E-state index in [1.165, 1.54) is 0 Å². The monoisotopic (exact) mass is 800 g/mol. The Labute approximate surface area is 344 Å². The number of likely N-dealkylation sites (N-methyl/N-ethyl adjacent to an activating group) is 2. The highest BCUT2D eigenvalue weighted by molar-refractivity contribution is 5.90. The summed E-state index contributed by atoms with van der Waals surface area (Å²) in [6.07, 6.45) is 1.42. The number of benzene rings is 1. The zero-order valence-electron chi connectivity index (χ0n) is 37.7. The van der Waals surface area contributed by atoms with Gasteiger partial charge in [-0.15, -0.1) is 0 Å². The normalized spacial score (nSPS) is 18.3. The fraction of sp³-hybridized carbons (Fsp3) is 0.756. The Kier molecular flexibility index (Phi) is 20.9. The first kappa shape index (κ1) is 49.8.